The van der Waals surface area contributed by atoms with Crippen LogP contribution in [0.25, 0.3) is 5.57 Å². The quantitative estimate of drug-likeness (QED) is 0.333. The monoisotopic (exact) mass is 352 g/mol. The molecule has 26 heavy (non-hydrogen) atoms. The Kier molecular flexibility index (Phi) is 7.65. The summed E-state index contributed by atoms with van der Waals surface area (Å²) in [5.74, 6) is -0.131. The van der Waals surface area contributed by atoms with E-state index in [9.17, 15) is 9.90 Å². The molecule has 1 unspecified atom stereocenters. The molecule has 0 aliphatic rings. The van der Waals surface area contributed by atoms with Gasteiger partial charge in [-0.15, -0.1) is 0 Å². The van der Waals surface area contributed by atoms with Crippen LogP contribution in [0, 0.1) is 0 Å². The zero-order valence-corrected chi connectivity index (χ0v) is 15.1. The molecule has 0 fully saturated rings. The van der Waals surface area contributed by atoms with Gasteiger partial charge in [0.15, 0.2) is 0 Å². The molecule has 1 atom stereocenters. The summed E-state index contributed by atoms with van der Waals surface area (Å²) in [6, 6.07) is 18.9. The summed E-state index contributed by atoms with van der Waals surface area (Å²) in [7, 11) is 0. The van der Waals surface area contributed by atoms with Crippen LogP contribution in [0.1, 0.15) is 31.1 Å². The Labute approximate surface area is 154 Å². The average molecular weight is 352 g/mol. The molecule has 4 heteroatoms. The van der Waals surface area contributed by atoms with E-state index < -0.39 is 12.1 Å². The van der Waals surface area contributed by atoms with E-state index in [1.54, 1.807) is 13.0 Å². The number of hydrogen-bond acceptors (Lipinski definition) is 4. The molecular formula is C22H24O4. The molecule has 0 aliphatic carbocycles. The van der Waals surface area contributed by atoms with Gasteiger partial charge in [-0.3, -0.25) is 0 Å². The van der Waals surface area contributed by atoms with Crippen LogP contribution in [0.15, 0.2) is 78.6 Å². The van der Waals surface area contributed by atoms with Crippen molar-refractivity contribution < 1.29 is 19.4 Å². The molecule has 0 heterocycles. The largest absolute Gasteiger partial charge is 0.494 e. The second kappa shape index (κ2) is 10.2. The molecule has 4 nitrogen and oxygen atoms in total. The molecule has 0 saturated carbocycles. The van der Waals surface area contributed by atoms with Gasteiger partial charge < -0.3 is 14.6 Å². The van der Waals surface area contributed by atoms with Gasteiger partial charge in [-0.1, -0.05) is 60.7 Å². The number of carbonyl (C=O) groups excluding carboxylic acids is 1. The number of benzene rings is 2. The first-order valence-corrected chi connectivity index (χ1v) is 8.67. The van der Waals surface area contributed by atoms with E-state index in [-0.39, 0.29) is 6.61 Å². The molecule has 1 N–H and O–H groups in total. The van der Waals surface area contributed by atoms with Crippen molar-refractivity contribution in [1.82, 2.24) is 0 Å². The molecule has 0 amide bonds. The lowest BCUT2D eigenvalue weighted by Crippen LogP contribution is -2.05. The van der Waals surface area contributed by atoms with Crippen molar-refractivity contribution in [2.75, 3.05) is 13.2 Å². The van der Waals surface area contributed by atoms with Gasteiger partial charge in [0.1, 0.15) is 11.9 Å². The van der Waals surface area contributed by atoms with Crippen molar-refractivity contribution >= 4 is 11.5 Å². The number of esters is 1. The maximum atomic E-state index is 11.8. The van der Waals surface area contributed by atoms with E-state index in [0.29, 0.717) is 17.9 Å². The van der Waals surface area contributed by atoms with E-state index in [1.807, 2.05) is 67.6 Å². The van der Waals surface area contributed by atoms with E-state index in [0.717, 1.165) is 11.1 Å². The molecule has 0 aliphatic heterocycles. The molecule has 136 valence electrons. The SMILES string of the molecule is CCOC(=O)/C=C(\C=C(/c1ccccc1)C(O)c1ccccc1)OCC. The van der Waals surface area contributed by atoms with Crippen LogP contribution in [-0.2, 0) is 14.3 Å². The van der Waals surface area contributed by atoms with Gasteiger partial charge >= 0.3 is 5.97 Å². The highest BCUT2D eigenvalue weighted by molar-refractivity contribution is 5.84. The highest BCUT2D eigenvalue weighted by Crippen LogP contribution is 2.31. The van der Waals surface area contributed by atoms with Crippen molar-refractivity contribution in [1.29, 1.82) is 0 Å². The first-order chi connectivity index (χ1) is 12.7. The van der Waals surface area contributed by atoms with Crippen LogP contribution in [0.4, 0.5) is 0 Å². The number of hydrogen-bond donors (Lipinski definition) is 1. The Hall–Kier alpha value is -2.85. The highest BCUT2D eigenvalue weighted by atomic mass is 16.5. The first-order valence-electron chi connectivity index (χ1n) is 8.67. The van der Waals surface area contributed by atoms with Crippen molar-refractivity contribution in [3.8, 4) is 0 Å². The topological polar surface area (TPSA) is 55.8 Å². The standard InChI is InChI=1S/C22H24O4/c1-3-25-19(16-21(23)26-4-2)15-20(17-11-7-5-8-12-17)22(24)18-13-9-6-10-14-18/h5-16,22,24H,3-4H2,1-2H3/b19-16+,20-15+. The Morgan fingerprint density at radius 1 is 0.923 bits per heavy atom. The molecule has 0 saturated heterocycles. The predicted molar refractivity (Wildman–Crippen MR) is 102 cm³/mol. The van der Waals surface area contributed by atoms with Crippen LogP contribution >= 0.6 is 0 Å². The van der Waals surface area contributed by atoms with Gasteiger partial charge in [0.25, 0.3) is 0 Å². The maximum absolute atomic E-state index is 11.8. The number of aliphatic hydroxyl groups is 1. The average Bonchev–Trinajstić information content (AvgIpc) is 2.67. The third kappa shape index (κ3) is 5.60. The van der Waals surface area contributed by atoms with E-state index in [1.165, 1.54) is 6.08 Å². The molecular weight excluding hydrogens is 328 g/mol. The fourth-order valence-corrected chi connectivity index (χ4v) is 2.51. The molecule has 0 radical (unpaired) electrons. The second-order valence-corrected chi connectivity index (χ2v) is 5.51. The number of ether oxygens (including phenoxy) is 2. The summed E-state index contributed by atoms with van der Waals surface area (Å²) in [4.78, 5) is 11.8. The molecule has 0 aromatic heterocycles. The third-order valence-electron chi connectivity index (χ3n) is 3.67. The van der Waals surface area contributed by atoms with E-state index >= 15 is 0 Å². The van der Waals surface area contributed by atoms with Crippen LogP contribution in [0.3, 0.4) is 0 Å². The van der Waals surface area contributed by atoms with Crippen LogP contribution < -0.4 is 0 Å². The van der Waals surface area contributed by atoms with Crippen molar-refractivity contribution in [2.24, 2.45) is 0 Å². The van der Waals surface area contributed by atoms with Crippen molar-refractivity contribution in [3.05, 3.63) is 89.7 Å². The fraction of sp³-hybridized carbons (Fsp3) is 0.227. The summed E-state index contributed by atoms with van der Waals surface area (Å²) < 4.78 is 10.5. The van der Waals surface area contributed by atoms with Crippen LogP contribution in [-0.4, -0.2) is 24.3 Å². The molecule has 2 rings (SSSR count). The minimum atomic E-state index is -0.857. The lowest BCUT2D eigenvalue weighted by Gasteiger charge is -2.17. The summed E-state index contributed by atoms with van der Waals surface area (Å²) in [6.45, 7) is 4.26. The lowest BCUT2D eigenvalue weighted by atomic mass is 9.94. The fourth-order valence-electron chi connectivity index (χ4n) is 2.51. The summed E-state index contributed by atoms with van der Waals surface area (Å²) in [6.07, 6.45) is 2.13. The Balaban J connectivity index is 2.47. The Bertz CT molecular complexity index is 748. The Morgan fingerprint density at radius 3 is 2.08 bits per heavy atom. The summed E-state index contributed by atoms with van der Waals surface area (Å²) in [5, 5.41) is 10.9. The van der Waals surface area contributed by atoms with E-state index in [2.05, 4.69) is 0 Å². The summed E-state index contributed by atoms with van der Waals surface area (Å²) in [5.41, 5.74) is 2.24. The lowest BCUT2D eigenvalue weighted by molar-refractivity contribution is -0.137. The van der Waals surface area contributed by atoms with Crippen molar-refractivity contribution in [3.63, 3.8) is 0 Å². The van der Waals surface area contributed by atoms with E-state index in [4.69, 9.17) is 9.47 Å². The maximum Gasteiger partial charge on any atom is 0.334 e. The van der Waals surface area contributed by atoms with Gasteiger partial charge in [-0.25, -0.2) is 4.79 Å². The number of allylic oxidation sites excluding steroid dienone is 1. The summed E-state index contributed by atoms with van der Waals surface area (Å²) >= 11 is 0. The van der Waals surface area contributed by atoms with Gasteiger partial charge in [0, 0.05) is 0 Å². The second-order valence-electron chi connectivity index (χ2n) is 5.51. The van der Waals surface area contributed by atoms with Gasteiger partial charge in [-0.05, 0) is 36.6 Å². The smallest absolute Gasteiger partial charge is 0.334 e. The van der Waals surface area contributed by atoms with Crippen LogP contribution in [0.5, 0.6) is 0 Å². The normalized spacial score (nSPS) is 13.2. The minimum Gasteiger partial charge on any atom is -0.494 e. The van der Waals surface area contributed by atoms with Crippen molar-refractivity contribution in [2.45, 2.75) is 20.0 Å². The third-order valence-corrected chi connectivity index (χ3v) is 3.67. The molecule has 0 bridgehead atoms. The molecule has 0 spiro atoms. The first kappa shape index (κ1) is 19.5. The highest BCUT2D eigenvalue weighted by Gasteiger charge is 2.16. The number of rotatable bonds is 8. The number of carbonyl (C=O) groups is 1. The van der Waals surface area contributed by atoms with Crippen LogP contribution in [0.2, 0.25) is 0 Å². The van der Waals surface area contributed by atoms with Gasteiger partial charge in [-0.2, -0.15) is 0 Å². The zero-order valence-electron chi connectivity index (χ0n) is 15.1. The molecule has 2 aromatic carbocycles. The zero-order chi connectivity index (χ0) is 18.8. The molecule has 2 aromatic rings. The predicted octanol–water partition coefficient (Wildman–Crippen LogP) is 4.29. The minimum absolute atomic E-state index is 0.288. The van der Waals surface area contributed by atoms with Gasteiger partial charge in [0.2, 0.25) is 0 Å². The van der Waals surface area contributed by atoms with Gasteiger partial charge in [0.05, 0.1) is 19.3 Å². The number of aliphatic hydroxyl groups excluding tert-OH is 1. The Morgan fingerprint density at radius 2 is 1.50 bits per heavy atom.